The van der Waals surface area contributed by atoms with Crippen LogP contribution in [0.2, 0.25) is 0 Å². The Labute approximate surface area is 116 Å². The molecule has 1 aliphatic heterocycles. The molecule has 1 N–H and O–H groups in total. The van der Waals surface area contributed by atoms with Gasteiger partial charge in [0.1, 0.15) is 0 Å². The summed E-state index contributed by atoms with van der Waals surface area (Å²) in [5, 5.41) is 3.50. The van der Waals surface area contributed by atoms with Crippen molar-refractivity contribution in [3.63, 3.8) is 0 Å². The minimum absolute atomic E-state index is 0.507. The highest BCUT2D eigenvalue weighted by molar-refractivity contribution is 5.52. The van der Waals surface area contributed by atoms with Gasteiger partial charge in [-0.1, -0.05) is 13.8 Å². The average Bonchev–Trinajstić information content (AvgIpc) is 2.40. The molecule has 1 aromatic rings. The van der Waals surface area contributed by atoms with E-state index in [1.165, 1.54) is 11.3 Å². The van der Waals surface area contributed by atoms with Crippen LogP contribution in [0.5, 0.6) is 0 Å². The molecule has 0 spiro atoms. The van der Waals surface area contributed by atoms with Crippen LogP contribution in [0.3, 0.4) is 0 Å². The Balaban J connectivity index is 2.10. The molecule has 0 aromatic carbocycles. The fourth-order valence-corrected chi connectivity index (χ4v) is 2.43. The van der Waals surface area contributed by atoms with E-state index in [1.54, 1.807) is 0 Å². The first-order valence-electron chi connectivity index (χ1n) is 7.19. The van der Waals surface area contributed by atoms with Crippen LogP contribution in [-0.2, 0) is 6.54 Å². The van der Waals surface area contributed by atoms with Crippen molar-refractivity contribution in [2.75, 3.05) is 31.6 Å². The van der Waals surface area contributed by atoms with Gasteiger partial charge in [0.15, 0.2) is 0 Å². The molecule has 2 heterocycles. The van der Waals surface area contributed by atoms with E-state index in [0.717, 1.165) is 26.2 Å². The van der Waals surface area contributed by atoms with Gasteiger partial charge >= 0.3 is 0 Å². The molecule has 1 atom stereocenters. The second-order valence-electron chi connectivity index (χ2n) is 5.82. The normalized spacial score (nSPS) is 21.1. The third-order valence-electron chi connectivity index (χ3n) is 3.89. The Hall–Kier alpha value is -1.13. The number of aromatic nitrogens is 1. The highest BCUT2D eigenvalue weighted by Gasteiger charge is 2.22. The summed E-state index contributed by atoms with van der Waals surface area (Å²) in [4.78, 5) is 9.19. The lowest BCUT2D eigenvalue weighted by Crippen LogP contribution is -2.50. The maximum Gasteiger partial charge on any atom is 0.0599 e. The number of pyridine rings is 1. The van der Waals surface area contributed by atoms with Gasteiger partial charge in [0.2, 0.25) is 0 Å². The van der Waals surface area contributed by atoms with E-state index in [0.29, 0.717) is 12.1 Å². The minimum Gasteiger partial charge on any atom is -0.367 e. The fourth-order valence-electron chi connectivity index (χ4n) is 2.43. The molecular weight excluding hydrogens is 236 g/mol. The Bertz CT molecular complexity index is 405. The van der Waals surface area contributed by atoms with Crippen LogP contribution in [0.1, 0.15) is 26.3 Å². The summed E-state index contributed by atoms with van der Waals surface area (Å²) in [6.07, 6.45) is 3.90. The van der Waals surface area contributed by atoms with E-state index in [-0.39, 0.29) is 0 Å². The van der Waals surface area contributed by atoms with Crippen LogP contribution in [-0.4, -0.2) is 48.6 Å². The van der Waals surface area contributed by atoms with Gasteiger partial charge in [-0.05, 0) is 25.6 Å². The van der Waals surface area contributed by atoms with Crippen molar-refractivity contribution >= 4 is 5.69 Å². The van der Waals surface area contributed by atoms with E-state index in [2.05, 4.69) is 54.0 Å². The average molecular weight is 262 g/mol. The Morgan fingerprint density at radius 3 is 2.89 bits per heavy atom. The highest BCUT2D eigenvalue weighted by Crippen LogP contribution is 2.22. The van der Waals surface area contributed by atoms with Crippen LogP contribution in [0, 0.1) is 0 Å². The molecule has 4 nitrogen and oxygen atoms in total. The number of hydrogen-bond acceptors (Lipinski definition) is 4. The molecule has 19 heavy (non-hydrogen) atoms. The van der Waals surface area contributed by atoms with Gasteiger partial charge in [0.25, 0.3) is 0 Å². The van der Waals surface area contributed by atoms with E-state index >= 15 is 0 Å². The number of hydrogen-bond donors (Lipinski definition) is 1. The molecule has 1 aromatic heterocycles. The molecule has 0 aliphatic carbocycles. The molecule has 0 bridgehead atoms. The number of piperazine rings is 1. The second-order valence-corrected chi connectivity index (χ2v) is 5.82. The molecular formula is C15H26N4. The van der Waals surface area contributed by atoms with Crippen molar-refractivity contribution in [3.8, 4) is 0 Å². The summed E-state index contributed by atoms with van der Waals surface area (Å²) >= 11 is 0. The number of nitrogens with zero attached hydrogens (tertiary/aromatic N) is 3. The van der Waals surface area contributed by atoms with Crippen molar-refractivity contribution in [1.82, 2.24) is 15.2 Å². The second kappa shape index (κ2) is 6.35. The van der Waals surface area contributed by atoms with E-state index in [4.69, 9.17) is 0 Å². The fraction of sp³-hybridized carbons (Fsp3) is 0.667. The predicted octanol–water partition coefficient (Wildman–Crippen LogP) is 1.72. The van der Waals surface area contributed by atoms with Crippen molar-refractivity contribution in [2.45, 2.75) is 39.4 Å². The Kier molecular flexibility index (Phi) is 4.77. The van der Waals surface area contributed by atoms with Crippen molar-refractivity contribution in [2.24, 2.45) is 0 Å². The van der Waals surface area contributed by atoms with Crippen LogP contribution in [0.4, 0.5) is 5.69 Å². The molecule has 1 aliphatic rings. The number of rotatable bonds is 4. The van der Waals surface area contributed by atoms with Crippen LogP contribution in [0.15, 0.2) is 18.5 Å². The van der Waals surface area contributed by atoms with Crippen LogP contribution >= 0.6 is 0 Å². The molecule has 4 heteroatoms. The largest absolute Gasteiger partial charge is 0.367 e. The standard InChI is InChI=1S/C15H26N4/c1-12(2)17-9-14-5-6-16-10-15(14)19-8-7-18(4)13(3)11-19/h5-6,10,12-13,17H,7-9,11H2,1-4H3. The number of nitrogens with one attached hydrogen (secondary N) is 1. The number of likely N-dealkylation sites (N-methyl/N-ethyl adjacent to an activating group) is 1. The third kappa shape index (κ3) is 3.67. The Morgan fingerprint density at radius 1 is 1.42 bits per heavy atom. The summed E-state index contributed by atoms with van der Waals surface area (Å²) in [6, 6.07) is 3.24. The lowest BCUT2D eigenvalue weighted by molar-refractivity contribution is 0.234. The molecule has 1 unspecified atom stereocenters. The first kappa shape index (κ1) is 14.3. The minimum atomic E-state index is 0.507. The molecule has 0 saturated carbocycles. The maximum absolute atomic E-state index is 4.31. The van der Waals surface area contributed by atoms with E-state index in [9.17, 15) is 0 Å². The van der Waals surface area contributed by atoms with Gasteiger partial charge in [-0.2, -0.15) is 0 Å². The van der Waals surface area contributed by atoms with Gasteiger partial charge in [-0.3, -0.25) is 4.98 Å². The summed E-state index contributed by atoms with van der Waals surface area (Å²) < 4.78 is 0. The number of anilines is 1. The van der Waals surface area contributed by atoms with Gasteiger partial charge in [0.05, 0.1) is 11.9 Å². The molecule has 1 saturated heterocycles. The first-order chi connectivity index (χ1) is 9.08. The van der Waals surface area contributed by atoms with E-state index in [1.807, 2.05) is 12.4 Å². The smallest absolute Gasteiger partial charge is 0.0599 e. The molecule has 1 fully saturated rings. The summed E-state index contributed by atoms with van der Waals surface area (Å²) in [6.45, 7) is 10.8. The summed E-state index contributed by atoms with van der Waals surface area (Å²) in [5.41, 5.74) is 2.64. The van der Waals surface area contributed by atoms with E-state index < -0.39 is 0 Å². The zero-order valence-corrected chi connectivity index (χ0v) is 12.6. The topological polar surface area (TPSA) is 31.4 Å². The molecule has 2 rings (SSSR count). The van der Waals surface area contributed by atoms with Gasteiger partial charge < -0.3 is 15.1 Å². The van der Waals surface area contributed by atoms with Gasteiger partial charge in [-0.15, -0.1) is 0 Å². The zero-order chi connectivity index (χ0) is 13.8. The van der Waals surface area contributed by atoms with Gasteiger partial charge in [-0.25, -0.2) is 0 Å². The zero-order valence-electron chi connectivity index (χ0n) is 12.6. The summed E-state index contributed by atoms with van der Waals surface area (Å²) in [7, 11) is 2.20. The quantitative estimate of drug-likeness (QED) is 0.895. The monoisotopic (exact) mass is 262 g/mol. The highest BCUT2D eigenvalue weighted by atomic mass is 15.3. The lowest BCUT2D eigenvalue weighted by atomic mass is 10.1. The van der Waals surface area contributed by atoms with Crippen molar-refractivity contribution < 1.29 is 0 Å². The van der Waals surface area contributed by atoms with Crippen molar-refractivity contribution in [3.05, 3.63) is 24.0 Å². The first-order valence-corrected chi connectivity index (χ1v) is 7.19. The molecule has 0 amide bonds. The summed E-state index contributed by atoms with van der Waals surface area (Å²) in [5.74, 6) is 0. The maximum atomic E-state index is 4.31. The lowest BCUT2D eigenvalue weighted by Gasteiger charge is -2.39. The SMILES string of the molecule is CC(C)NCc1ccncc1N1CCN(C)C(C)C1. The Morgan fingerprint density at radius 2 is 2.21 bits per heavy atom. The third-order valence-corrected chi connectivity index (χ3v) is 3.89. The molecule has 0 radical (unpaired) electrons. The van der Waals surface area contributed by atoms with Crippen LogP contribution < -0.4 is 10.2 Å². The molecule has 106 valence electrons. The van der Waals surface area contributed by atoms with Gasteiger partial charge in [0, 0.05) is 44.5 Å². The van der Waals surface area contributed by atoms with Crippen LogP contribution in [0.25, 0.3) is 0 Å². The predicted molar refractivity (Wildman–Crippen MR) is 80.5 cm³/mol. The van der Waals surface area contributed by atoms with Crippen molar-refractivity contribution in [1.29, 1.82) is 0 Å².